The Kier molecular flexibility index (Phi) is 5.82. The second kappa shape index (κ2) is 8.71. The number of fused-ring (bicyclic) bond motifs is 1. The van der Waals surface area contributed by atoms with E-state index in [1.807, 2.05) is 44.2 Å². The van der Waals surface area contributed by atoms with Crippen LogP contribution in [0.1, 0.15) is 32.7 Å². The topological polar surface area (TPSA) is 65.1 Å². The van der Waals surface area contributed by atoms with Crippen molar-refractivity contribution in [2.45, 2.75) is 20.3 Å². The highest BCUT2D eigenvalue weighted by Gasteiger charge is 2.14. The van der Waals surface area contributed by atoms with Gasteiger partial charge in [0.05, 0.1) is 11.1 Å². The number of carbonyl (C=O) groups is 1. The Labute approximate surface area is 186 Å². The molecule has 0 aliphatic carbocycles. The maximum atomic E-state index is 14.2. The first-order valence-corrected chi connectivity index (χ1v) is 10.5. The number of benzene rings is 3. The minimum absolute atomic E-state index is 0.227. The number of aromatic nitrogens is 1. The van der Waals surface area contributed by atoms with Crippen LogP contribution < -0.4 is 5.32 Å². The van der Waals surface area contributed by atoms with E-state index in [1.54, 1.807) is 24.3 Å². The average Bonchev–Trinajstić information content (AvgIpc) is 3.14. The number of aromatic amines is 1. The molecule has 0 saturated heterocycles. The van der Waals surface area contributed by atoms with Gasteiger partial charge in [0, 0.05) is 23.3 Å². The molecule has 4 rings (SSSR count). The fourth-order valence-electron chi connectivity index (χ4n) is 4.07. The zero-order valence-electron chi connectivity index (χ0n) is 18.1. The largest absolute Gasteiger partial charge is 0.478 e. The lowest BCUT2D eigenvalue weighted by Gasteiger charge is -2.11. The monoisotopic (exact) mass is 428 g/mol. The standard InChI is InChI=1S/C27H25FN2O2/c1-16-4-13-24(28)26-25(16)23(18(3)30-26)14-15-29-17(2)19-5-7-20(8-6-19)21-9-11-22(12-10-21)27(31)32/h4-13,29-30H,2,14-15H2,1,3H3,(H,31,32). The van der Waals surface area contributed by atoms with Crippen LogP contribution in [0.4, 0.5) is 4.39 Å². The number of H-pyrrole nitrogens is 1. The highest BCUT2D eigenvalue weighted by atomic mass is 19.1. The van der Waals surface area contributed by atoms with Crippen LogP contribution in [0, 0.1) is 19.7 Å². The fraction of sp³-hybridized carbons (Fsp3) is 0.148. The Morgan fingerprint density at radius 3 is 2.16 bits per heavy atom. The van der Waals surface area contributed by atoms with Crippen molar-refractivity contribution in [3.8, 4) is 11.1 Å². The second-order valence-corrected chi connectivity index (χ2v) is 7.96. The second-order valence-electron chi connectivity index (χ2n) is 7.96. The summed E-state index contributed by atoms with van der Waals surface area (Å²) in [6, 6.07) is 18.1. The number of aromatic carboxylic acids is 1. The fourth-order valence-corrected chi connectivity index (χ4v) is 4.07. The molecule has 0 aliphatic rings. The van der Waals surface area contributed by atoms with Gasteiger partial charge in [-0.25, -0.2) is 9.18 Å². The molecule has 0 radical (unpaired) electrons. The predicted octanol–water partition coefficient (Wildman–Crippen LogP) is 6.09. The third kappa shape index (κ3) is 4.14. The van der Waals surface area contributed by atoms with Gasteiger partial charge in [-0.1, -0.05) is 49.0 Å². The summed E-state index contributed by atoms with van der Waals surface area (Å²) in [7, 11) is 0. The Morgan fingerprint density at radius 2 is 1.56 bits per heavy atom. The molecule has 0 aliphatic heterocycles. The summed E-state index contributed by atoms with van der Waals surface area (Å²) in [6.45, 7) is 8.81. The summed E-state index contributed by atoms with van der Waals surface area (Å²) < 4.78 is 14.2. The number of hydrogen-bond acceptors (Lipinski definition) is 2. The van der Waals surface area contributed by atoms with Gasteiger partial charge in [0.2, 0.25) is 0 Å². The molecule has 4 nitrogen and oxygen atoms in total. The summed E-state index contributed by atoms with van der Waals surface area (Å²) in [5.74, 6) is -1.16. The number of aryl methyl sites for hydroxylation is 2. The quantitative estimate of drug-likeness (QED) is 0.334. The summed E-state index contributed by atoms with van der Waals surface area (Å²) in [6.07, 6.45) is 0.753. The highest BCUT2D eigenvalue weighted by Crippen LogP contribution is 2.28. The van der Waals surface area contributed by atoms with E-state index in [1.165, 1.54) is 6.07 Å². The van der Waals surface area contributed by atoms with Crippen molar-refractivity contribution in [2.24, 2.45) is 0 Å². The van der Waals surface area contributed by atoms with Gasteiger partial charge in [0.1, 0.15) is 5.82 Å². The van der Waals surface area contributed by atoms with Crippen molar-refractivity contribution in [3.05, 3.63) is 101 Å². The van der Waals surface area contributed by atoms with Crippen molar-refractivity contribution in [1.29, 1.82) is 0 Å². The summed E-state index contributed by atoms with van der Waals surface area (Å²) >= 11 is 0. The molecule has 0 unspecified atom stereocenters. The van der Waals surface area contributed by atoms with Crippen LogP contribution in [-0.2, 0) is 6.42 Å². The van der Waals surface area contributed by atoms with Crippen LogP contribution in [0.3, 0.4) is 0 Å². The van der Waals surface area contributed by atoms with E-state index in [9.17, 15) is 9.18 Å². The first kappa shape index (κ1) is 21.4. The molecule has 0 atom stereocenters. The van der Waals surface area contributed by atoms with E-state index in [-0.39, 0.29) is 11.4 Å². The van der Waals surface area contributed by atoms with Gasteiger partial charge in [-0.2, -0.15) is 0 Å². The minimum Gasteiger partial charge on any atom is -0.478 e. The molecule has 4 aromatic rings. The maximum Gasteiger partial charge on any atom is 0.335 e. The van der Waals surface area contributed by atoms with Gasteiger partial charge in [-0.05, 0) is 66.3 Å². The molecule has 5 heteroatoms. The predicted molar refractivity (Wildman–Crippen MR) is 127 cm³/mol. The molecule has 0 saturated carbocycles. The molecular weight excluding hydrogens is 403 g/mol. The Morgan fingerprint density at radius 1 is 0.969 bits per heavy atom. The smallest absolute Gasteiger partial charge is 0.335 e. The van der Waals surface area contributed by atoms with Crippen LogP contribution in [-0.4, -0.2) is 22.6 Å². The molecule has 1 heterocycles. The van der Waals surface area contributed by atoms with Gasteiger partial charge in [-0.15, -0.1) is 0 Å². The van der Waals surface area contributed by atoms with Gasteiger partial charge >= 0.3 is 5.97 Å². The zero-order valence-corrected chi connectivity index (χ0v) is 18.1. The Bertz CT molecular complexity index is 1300. The summed E-state index contributed by atoms with van der Waals surface area (Å²) in [4.78, 5) is 14.2. The number of halogens is 1. The Balaban J connectivity index is 1.42. The van der Waals surface area contributed by atoms with Gasteiger partial charge < -0.3 is 15.4 Å². The molecule has 3 N–H and O–H groups in total. The van der Waals surface area contributed by atoms with Crippen molar-refractivity contribution in [3.63, 3.8) is 0 Å². The van der Waals surface area contributed by atoms with E-state index in [0.717, 1.165) is 51.0 Å². The maximum absolute atomic E-state index is 14.2. The SMILES string of the molecule is C=C(NCCc1c(C)[nH]c2c(F)ccc(C)c12)c1ccc(-c2ccc(C(=O)O)cc2)cc1. The number of rotatable bonds is 7. The molecule has 32 heavy (non-hydrogen) atoms. The Hall–Kier alpha value is -3.86. The molecule has 0 spiro atoms. The molecule has 0 bridgehead atoms. The molecule has 0 amide bonds. The van der Waals surface area contributed by atoms with Crippen LogP contribution in [0.15, 0.2) is 67.2 Å². The first-order chi connectivity index (χ1) is 15.3. The van der Waals surface area contributed by atoms with Crippen molar-refractivity contribution >= 4 is 22.6 Å². The normalized spacial score (nSPS) is 11.0. The lowest BCUT2D eigenvalue weighted by Crippen LogP contribution is -2.15. The third-order valence-corrected chi connectivity index (χ3v) is 5.84. The first-order valence-electron chi connectivity index (χ1n) is 10.5. The van der Waals surface area contributed by atoms with E-state index in [4.69, 9.17) is 5.11 Å². The minimum atomic E-state index is -0.933. The van der Waals surface area contributed by atoms with E-state index in [0.29, 0.717) is 12.1 Å². The lowest BCUT2D eigenvalue weighted by atomic mass is 10.0. The van der Waals surface area contributed by atoms with E-state index >= 15 is 0 Å². The molecule has 1 aromatic heterocycles. The third-order valence-electron chi connectivity index (χ3n) is 5.84. The van der Waals surface area contributed by atoms with Crippen LogP contribution in [0.5, 0.6) is 0 Å². The highest BCUT2D eigenvalue weighted by molar-refractivity contribution is 5.89. The molecular formula is C27H25FN2O2. The number of nitrogens with one attached hydrogen (secondary N) is 2. The van der Waals surface area contributed by atoms with Gasteiger partial charge in [0.15, 0.2) is 0 Å². The molecule has 0 fully saturated rings. The van der Waals surface area contributed by atoms with Gasteiger partial charge in [-0.3, -0.25) is 0 Å². The summed E-state index contributed by atoms with van der Waals surface area (Å²) in [5, 5.41) is 13.4. The van der Waals surface area contributed by atoms with Crippen molar-refractivity contribution in [2.75, 3.05) is 6.54 Å². The van der Waals surface area contributed by atoms with E-state index in [2.05, 4.69) is 16.9 Å². The van der Waals surface area contributed by atoms with Crippen molar-refractivity contribution in [1.82, 2.24) is 10.3 Å². The number of carboxylic acid groups (broad SMARTS) is 1. The van der Waals surface area contributed by atoms with Gasteiger partial charge in [0.25, 0.3) is 0 Å². The van der Waals surface area contributed by atoms with E-state index < -0.39 is 5.97 Å². The lowest BCUT2D eigenvalue weighted by molar-refractivity contribution is 0.0697. The molecule has 162 valence electrons. The van der Waals surface area contributed by atoms with Crippen LogP contribution in [0.2, 0.25) is 0 Å². The van der Waals surface area contributed by atoms with Crippen LogP contribution >= 0.6 is 0 Å². The van der Waals surface area contributed by atoms with Crippen LogP contribution in [0.25, 0.3) is 27.7 Å². The number of carboxylic acids is 1. The van der Waals surface area contributed by atoms with Crippen molar-refractivity contribution < 1.29 is 14.3 Å². The number of hydrogen-bond donors (Lipinski definition) is 3. The summed E-state index contributed by atoms with van der Waals surface area (Å²) in [5.41, 5.74) is 7.77. The zero-order chi connectivity index (χ0) is 22.8. The molecule has 3 aromatic carbocycles. The average molecular weight is 429 g/mol.